The number of nitrogens with one attached hydrogen (secondary N) is 1. The number of amides is 1. The molecular weight excluding hydrogens is 398 g/mol. The van der Waals surface area contributed by atoms with E-state index < -0.39 is 23.7 Å². The van der Waals surface area contributed by atoms with E-state index >= 15 is 0 Å². The Balaban J connectivity index is 2.32. The lowest BCUT2D eigenvalue weighted by atomic mass is 9.81. The quantitative estimate of drug-likeness (QED) is 0.516. The average Bonchev–Trinajstić information content (AvgIpc) is 2.66. The first-order valence-electron chi connectivity index (χ1n) is 10.1. The number of alkyl carbamates (subject to hydrolysis) is 1. The molecule has 0 spiro atoms. The van der Waals surface area contributed by atoms with Crippen LogP contribution in [0.4, 0.5) is 4.79 Å². The van der Waals surface area contributed by atoms with Gasteiger partial charge in [0.25, 0.3) is 0 Å². The molecule has 4 nitrogen and oxygen atoms in total. The van der Waals surface area contributed by atoms with Crippen molar-refractivity contribution in [3.8, 4) is 0 Å². The molecule has 0 aliphatic carbocycles. The molecule has 0 saturated carbocycles. The van der Waals surface area contributed by atoms with Crippen LogP contribution in [0.1, 0.15) is 51.8 Å². The van der Waals surface area contributed by atoms with E-state index in [0.717, 1.165) is 11.1 Å². The Bertz CT molecular complexity index is 868. The minimum Gasteiger partial charge on any atom is -0.444 e. The number of rotatable bonds is 7. The number of hydrogen-bond donors (Lipinski definition) is 1. The third-order valence-electron chi connectivity index (χ3n) is 4.55. The van der Waals surface area contributed by atoms with E-state index in [-0.39, 0.29) is 11.7 Å². The second-order valence-electron chi connectivity index (χ2n) is 8.59. The minimum absolute atomic E-state index is 0.00693. The molecule has 0 unspecified atom stereocenters. The maximum absolute atomic E-state index is 13.2. The highest BCUT2D eigenvalue weighted by molar-refractivity contribution is 6.30. The summed E-state index contributed by atoms with van der Waals surface area (Å²) in [6, 6.07) is 16.3. The number of halogens is 1. The summed E-state index contributed by atoms with van der Waals surface area (Å²) in [5.41, 5.74) is 1.11. The molecular formula is C25H30ClNO3. The molecule has 2 atom stereocenters. The van der Waals surface area contributed by atoms with Gasteiger partial charge in [0.2, 0.25) is 0 Å². The minimum atomic E-state index is -0.628. The number of allylic oxidation sites excluding steroid dienone is 1. The summed E-state index contributed by atoms with van der Waals surface area (Å²) in [6.07, 6.45) is 2.79. The second-order valence-corrected chi connectivity index (χ2v) is 9.03. The molecule has 5 heteroatoms. The van der Waals surface area contributed by atoms with Crippen molar-refractivity contribution in [1.82, 2.24) is 5.32 Å². The maximum atomic E-state index is 13.2. The molecule has 0 bridgehead atoms. The van der Waals surface area contributed by atoms with Gasteiger partial charge in [0.1, 0.15) is 5.60 Å². The smallest absolute Gasteiger partial charge is 0.408 e. The van der Waals surface area contributed by atoms with Crippen molar-refractivity contribution in [3.63, 3.8) is 0 Å². The first-order valence-corrected chi connectivity index (χ1v) is 10.5. The summed E-state index contributed by atoms with van der Waals surface area (Å²) < 4.78 is 5.45. The van der Waals surface area contributed by atoms with Crippen LogP contribution in [0.15, 0.2) is 60.7 Å². The normalized spacial score (nSPS) is 13.8. The Morgan fingerprint density at radius 3 is 2.13 bits per heavy atom. The standard InChI is InChI=1S/C25H30ClNO3/c1-17(2)22(21(28)16-13-18-11-14-20(26)15-12-18)23(19-9-7-6-8-10-19)27-24(29)30-25(3,4)5/h6-17,22-23H,1-5H3,(H,27,29)/b16-13+/t22-,23+/m0/s1. The summed E-state index contributed by atoms with van der Waals surface area (Å²) >= 11 is 5.93. The van der Waals surface area contributed by atoms with Crippen LogP contribution in [0.3, 0.4) is 0 Å². The highest BCUT2D eigenvalue weighted by atomic mass is 35.5. The lowest BCUT2D eigenvalue weighted by molar-refractivity contribution is -0.120. The molecule has 0 aliphatic heterocycles. The number of ether oxygens (including phenoxy) is 1. The zero-order valence-electron chi connectivity index (χ0n) is 18.2. The molecule has 160 valence electrons. The van der Waals surface area contributed by atoms with Gasteiger partial charge in [-0.25, -0.2) is 4.79 Å². The Kier molecular flexibility index (Phi) is 8.24. The fraction of sp³-hybridized carbons (Fsp3) is 0.360. The summed E-state index contributed by atoms with van der Waals surface area (Å²) in [7, 11) is 0. The van der Waals surface area contributed by atoms with Gasteiger partial charge in [-0.15, -0.1) is 0 Å². The lowest BCUT2D eigenvalue weighted by Gasteiger charge is -2.30. The van der Waals surface area contributed by atoms with Gasteiger partial charge in [-0.2, -0.15) is 0 Å². The average molecular weight is 428 g/mol. The van der Waals surface area contributed by atoms with Gasteiger partial charge < -0.3 is 10.1 Å². The predicted octanol–water partition coefficient (Wildman–Crippen LogP) is 6.46. The molecule has 0 radical (unpaired) electrons. The van der Waals surface area contributed by atoms with Crippen molar-refractivity contribution in [1.29, 1.82) is 0 Å². The highest BCUT2D eigenvalue weighted by Crippen LogP contribution is 2.30. The van der Waals surface area contributed by atoms with Gasteiger partial charge in [0.15, 0.2) is 5.78 Å². The first-order chi connectivity index (χ1) is 14.1. The molecule has 0 saturated heterocycles. The fourth-order valence-electron chi connectivity index (χ4n) is 3.22. The third-order valence-corrected chi connectivity index (χ3v) is 4.80. The molecule has 1 N–H and O–H groups in total. The van der Waals surface area contributed by atoms with Crippen molar-refractivity contribution in [3.05, 3.63) is 76.8 Å². The summed E-state index contributed by atoms with van der Waals surface area (Å²) in [5, 5.41) is 3.57. The molecule has 0 heterocycles. The zero-order valence-corrected chi connectivity index (χ0v) is 18.9. The number of benzene rings is 2. The summed E-state index contributed by atoms with van der Waals surface area (Å²) in [6.45, 7) is 9.38. The van der Waals surface area contributed by atoms with Crippen molar-refractivity contribution in [2.45, 2.75) is 46.3 Å². The SMILES string of the molecule is CC(C)[C@@H](C(=O)/C=C/c1ccc(Cl)cc1)[C@H](NC(=O)OC(C)(C)C)c1ccccc1. The highest BCUT2D eigenvalue weighted by Gasteiger charge is 2.33. The van der Waals surface area contributed by atoms with E-state index in [1.54, 1.807) is 24.3 Å². The summed E-state index contributed by atoms with van der Waals surface area (Å²) in [5.74, 6) is -0.527. The van der Waals surface area contributed by atoms with Crippen LogP contribution < -0.4 is 5.32 Å². The maximum Gasteiger partial charge on any atom is 0.408 e. The molecule has 0 fully saturated rings. The van der Waals surface area contributed by atoms with E-state index in [1.165, 1.54) is 0 Å². The fourth-order valence-corrected chi connectivity index (χ4v) is 3.34. The van der Waals surface area contributed by atoms with Crippen LogP contribution in [0.2, 0.25) is 5.02 Å². The topological polar surface area (TPSA) is 55.4 Å². The Morgan fingerprint density at radius 2 is 1.60 bits per heavy atom. The van der Waals surface area contributed by atoms with E-state index in [1.807, 2.05) is 77.1 Å². The Morgan fingerprint density at radius 1 is 1.00 bits per heavy atom. The first kappa shape index (κ1) is 23.7. The van der Waals surface area contributed by atoms with Crippen LogP contribution in [-0.4, -0.2) is 17.5 Å². The Labute approximate surface area is 184 Å². The van der Waals surface area contributed by atoms with E-state index in [0.29, 0.717) is 5.02 Å². The molecule has 1 amide bonds. The van der Waals surface area contributed by atoms with Crippen LogP contribution in [0, 0.1) is 11.8 Å². The van der Waals surface area contributed by atoms with Gasteiger partial charge in [-0.1, -0.05) is 74.0 Å². The largest absolute Gasteiger partial charge is 0.444 e. The number of carbonyl (C=O) groups excluding carboxylic acids is 2. The van der Waals surface area contributed by atoms with Crippen molar-refractivity contribution in [2.75, 3.05) is 0 Å². The predicted molar refractivity (Wildman–Crippen MR) is 122 cm³/mol. The van der Waals surface area contributed by atoms with Crippen molar-refractivity contribution >= 4 is 29.6 Å². The molecule has 2 aromatic carbocycles. The molecule has 0 aromatic heterocycles. The monoisotopic (exact) mass is 427 g/mol. The molecule has 0 aliphatic rings. The van der Waals surface area contributed by atoms with E-state index in [4.69, 9.17) is 16.3 Å². The zero-order chi connectivity index (χ0) is 22.3. The molecule has 2 aromatic rings. The van der Waals surface area contributed by atoms with Crippen LogP contribution in [-0.2, 0) is 9.53 Å². The van der Waals surface area contributed by atoms with Gasteiger partial charge in [0.05, 0.1) is 6.04 Å². The number of ketones is 1. The number of carbonyl (C=O) groups is 2. The van der Waals surface area contributed by atoms with Crippen LogP contribution >= 0.6 is 11.6 Å². The van der Waals surface area contributed by atoms with Crippen molar-refractivity contribution in [2.24, 2.45) is 11.8 Å². The lowest BCUT2D eigenvalue weighted by Crippen LogP contribution is -2.41. The van der Waals surface area contributed by atoms with Gasteiger partial charge in [-0.3, -0.25) is 4.79 Å². The van der Waals surface area contributed by atoms with Crippen LogP contribution in [0.25, 0.3) is 6.08 Å². The van der Waals surface area contributed by atoms with Gasteiger partial charge in [0, 0.05) is 10.9 Å². The second kappa shape index (κ2) is 10.4. The van der Waals surface area contributed by atoms with Crippen LogP contribution in [0.5, 0.6) is 0 Å². The van der Waals surface area contributed by atoms with Gasteiger partial charge in [-0.05, 0) is 56.0 Å². The van der Waals surface area contributed by atoms with E-state index in [9.17, 15) is 9.59 Å². The molecule has 30 heavy (non-hydrogen) atoms. The number of hydrogen-bond acceptors (Lipinski definition) is 3. The Hall–Kier alpha value is -2.59. The van der Waals surface area contributed by atoms with Gasteiger partial charge >= 0.3 is 6.09 Å². The molecule has 2 rings (SSSR count). The third kappa shape index (κ3) is 7.34. The summed E-state index contributed by atoms with van der Waals surface area (Å²) in [4.78, 5) is 25.7. The van der Waals surface area contributed by atoms with Crippen molar-refractivity contribution < 1.29 is 14.3 Å². The van der Waals surface area contributed by atoms with E-state index in [2.05, 4.69) is 5.32 Å².